The van der Waals surface area contributed by atoms with Gasteiger partial charge >= 0.3 is 0 Å². The van der Waals surface area contributed by atoms with E-state index >= 15 is 0 Å². The summed E-state index contributed by atoms with van der Waals surface area (Å²) in [6, 6.07) is 11.6. The van der Waals surface area contributed by atoms with Crippen molar-refractivity contribution in [3.63, 3.8) is 0 Å². The fourth-order valence-corrected chi connectivity index (χ4v) is 1.80. The summed E-state index contributed by atoms with van der Waals surface area (Å²) >= 11 is 4.85. The minimum Gasteiger partial charge on any atom is -0.389 e. The van der Waals surface area contributed by atoms with Gasteiger partial charge in [0.2, 0.25) is 5.91 Å². The number of aromatic nitrogens is 1. The smallest absolute Gasteiger partial charge is 0.250 e. The summed E-state index contributed by atoms with van der Waals surface area (Å²) < 4.78 is 1.33. The first kappa shape index (κ1) is 14.0. The first-order valence-electron chi connectivity index (χ1n) is 5.91. The number of amides is 1. The molecule has 0 aliphatic carbocycles. The third-order valence-electron chi connectivity index (χ3n) is 2.67. The summed E-state index contributed by atoms with van der Waals surface area (Å²) in [4.78, 5) is 23.6. The molecule has 3 N–H and O–H groups in total. The van der Waals surface area contributed by atoms with Crippen molar-refractivity contribution in [2.75, 3.05) is 5.32 Å². The van der Waals surface area contributed by atoms with Gasteiger partial charge in [0, 0.05) is 23.5 Å². The van der Waals surface area contributed by atoms with Crippen molar-refractivity contribution in [2.45, 2.75) is 6.54 Å². The lowest BCUT2D eigenvalue weighted by atomic mass is 10.2. The molecule has 0 radical (unpaired) electrons. The maximum atomic E-state index is 11.8. The zero-order valence-corrected chi connectivity index (χ0v) is 11.4. The number of carbonyl (C=O) groups excluding carboxylic acids is 1. The lowest BCUT2D eigenvalue weighted by Crippen LogP contribution is -2.26. The van der Waals surface area contributed by atoms with Gasteiger partial charge in [-0.15, -0.1) is 0 Å². The Labute approximate surface area is 121 Å². The minimum atomic E-state index is -0.277. The molecular weight excluding hydrogens is 274 g/mol. The maximum absolute atomic E-state index is 11.8. The SMILES string of the molecule is NC(=S)c1ccc(NC(=O)Cn2ccccc2=O)cc1. The quantitative estimate of drug-likeness (QED) is 0.826. The number of nitrogens with two attached hydrogens (primary N) is 1. The van der Waals surface area contributed by atoms with Gasteiger partial charge in [0.15, 0.2) is 0 Å². The molecule has 0 saturated carbocycles. The number of nitrogens with one attached hydrogen (secondary N) is 1. The monoisotopic (exact) mass is 287 g/mol. The molecule has 0 unspecified atom stereocenters. The van der Waals surface area contributed by atoms with E-state index in [-0.39, 0.29) is 18.0 Å². The summed E-state index contributed by atoms with van der Waals surface area (Å²) in [6.07, 6.45) is 1.57. The van der Waals surface area contributed by atoms with E-state index in [1.54, 1.807) is 42.6 Å². The Bertz CT molecular complexity index is 692. The zero-order valence-electron chi connectivity index (χ0n) is 10.6. The van der Waals surface area contributed by atoms with Crippen LogP contribution >= 0.6 is 12.2 Å². The highest BCUT2D eigenvalue weighted by atomic mass is 32.1. The van der Waals surface area contributed by atoms with Gasteiger partial charge in [-0.3, -0.25) is 9.59 Å². The molecule has 0 fully saturated rings. The second kappa shape index (κ2) is 6.12. The van der Waals surface area contributed by atoms with Crippen LogP contribution in [-0.2, 0) is 11.3 Å². The largest absolute Gasteiger partial charge is 0.389 e. The van der Waals surface area contributed by atoms with Crippen molar-refractivity contribution in [3.05, 3.63) is 64.6 Å². The fraction of sp³-hybridized carbons (Fsp3) is 0.0714. The second-order valence-electron chi connectivity index (χ2n) is 4.16. The number of hydrogen-bond acceptors (Lipinski definition) is 3. The number of nitrogens with zero attached hydrogens (tertiary/aromatic N) is 1. The van der Waals surface area contributed by atoms with E-state index in [4.69, 9.17) is 18.0 Å². The van der Waals surface area contributed by atoms with Gasteiger partial charge in [-0.05, 0) is 30.3 Å². The van der Waals surface area contributed by atoms with Gasteiger partial charge in [-0.2, -0.15) is 0 Å². The van der Waals surface area contributed by atoms with Crippen LogP contribution in [0.5, 0.6) is 0 Å². The van der Waals surface area contributed by atoms with Gasteiger partial charge in [-0.1, -0.05) is 18.3 Å². The number of anilines is 1. The molecule has 0 saturated heterocycles. The van der Waals surface area contributed by atoms with Gasteiger partial charge < -0.3 is 15.6 Å². The van der Waals surface area contributed by atoms with Crippen LogP contribution in [0.15, 0.2) is 53.5 Å². The summed E-state index contributed by atoms with van der Waals surface area (Å²) in [5.41, 5.74) is 6.63. The van der Waals surface area contributed by atoms with Crippen LogP contribution in [0, 0.1) is 0 Å². The van der Waals surface area contributed by atoms with E-state index in [0.717, 1.165) is 5.56 Å². The minimum absolute atomic E-state index is 0.0310. The molecule has 1 aromatic heterocycles. The van der Waals surface area contributed by atoms with E-state index in [2.05, 4.69) is 5.32 Å². The molecule has 0 aliphatic rings. The van der Waals surface area contributed by atoms with Crippen LogP contribution in [0.25, 0.3) is 0 Å². The van der Waals surface area contributed by atoms with Crippen LogP contribution in [0.2, 0.25) is 0 Å². The number of benzene rings is 1. The molecule has 6 heteroatoms. The molecule has 1 amide bonds. The fourth-order valence-electron chi connectivity index (χ4n) is 1.66. The van der Waals surface area contributed by atoms with Crippen molar-refractivity contribution in [3.8, 4) is 0 Å². The molecule has 2 rings (SSSR count). The summed E-state index contributed by atoms with van der Waals surface area (Å²) in [6.45, 7) is -0.0310. The predicted octanol–water partition coefficient (Wildman–Crippen LogP) is 1.12. The van der Waals surface area contributed by atoms with E-state index in [9.17, 15) is 9.59 Å². The molecule has 0 atom stereocenters. The lowest BCUT2D eigenvalue weighted by molar-refractivity contribution is -0.116. The molecule has 0 bridgehead atoms. The normalized spacial score (nSPS) is 10.0. The van der Waals surface area contributed by atoms with Crippen LogP contribution in [0.1, 0.15) is 5.56 Å². The standard InChI is InChI=1S/C14H13N3O2S/c15-14(20)10-4-6-11(7-5-10)16-12(18)9-17-8-2-1-3-13(17)19/h1-8H,9H2,(H2,15,20)(H,16,18). The zero-order chi connectivity index (χ0) is 14.5. The molecule has 1 aromatic carbocycles. The number of rotatable bonds is 4. The Kier molecular flexibility index (Phi) is 4.27. The number of pyridine rings is 1. The Morgan fingerprint density at radius 1 is 1.20 bits per heavy atom. The summed E-state index contributed by atoms with van der Waals surface area (Å²) in [5, 5.41) is 2.70. The second-order valence-corrected chi connectivity index (χ2v) is 4.60. The predicted molar refractivity (Wildman–Crippen MR) is 81.7 cm³/mol. The van der Waals surface area contributed by atoms with Gasteiger partial charge in [0.25, 0.3) is 5.56 Å². The molecule has 20 heavy (non-hydrogen) atoms. The third kappa shape index (κ3) is 3.52. The van der Waals surface area contributed by atoms with Gasteiger partial charge in [0.1, 0.15) is 11.5 Å². The Balaban J connectivity index is 2.03. The van der Waals surface area contributed by atoms with Crippen molar-refractivity contribution < 1.29 is 4.79 Å². The van der Waals surface area contributed by atoms with Crippen molar-refractivity contribution in [1.29, 1.82) is 0 Å². The van der Waals surface area contributed by atoms with E-state index in [1.807, 2.05) is 0 Å². The average Bonchev–Trinajstić information content (AvgIpc) is 2.42. The van der Waals surface area contributed by atoms with E-state index in [0.29, 0.717) is 10.7 Å². The number of thiocarbonyl (C=S) groups is 1. The lowest BCUT2D eigenvalue weighted by Gasteiger charge is -2.07. The molecular formula is C14H13N3O2S. The molecule has 102 valence electrons. The highest BCUT2D eigenvalue weighted by molar-refractivity contribution is 7.80. The van der Waals surface area contributed by atoms with Crippen molar-refractivity contribution in [1.82, 2.24) is 4.57 Å². The average molecular weight is 287 g/mol. The first-order valence-corrected chi connectivity index (χ1v) is 6.32. The van der Waals surface area contributed by atoms with E-state index in [1.165, 1.54) is 10.6 Å². The molecule has 2 aromatic rings. The van der Waals surface area contributed by atoms with Crippen molar-refractivity contribution >= 4 is 28.8 Å². The molecule has 0 spiro atoms. The van der Waals surface area contributed by atoms with Gasteiger partial charge in [0.05, 0.1) is 0 Å². The van der Waals surface area contributed by atoms with Crippen LogP contribution in [0.4, 0.5) is 5.69 Å². The van der Waals surface area contributed by atoms with Crippen LogP contribution in [0.3, 0.4) is 0 Å². The third-order valence-corrected chi connectivity index (χ3v) is 2.90. The molecule has 1 heterocycles. The van der Waals surface area contributed by atoms with Crippen LogP contribution < -0.4 is 16.6 Å². The summed E-state index contributed by atoms with van der Waals surface area (Å²) in [5.74, 6) is -0.277. The van der Waals surface area contributed by atoms with Crippen LogP contribution in [-0.4, -0.2) is 15.5 Å². The topological polar surface area (TPSA) is 77.1 Å². The molecule has 5 nitrogen and oxygen atoms in total. The Morgan fingerprint density at radius 2 is 1.90 bits per heavy atom. The highest BCUT2D eigenvalue weighted by Crippen LogP contribution is 2.09. The number of hydrogen-bond donors (Lipinski definition) is 2. The molecule has 0 aliphatic heterocycles. The maximum Gasteiger partial charge on any atom is 0.250 e. The van der Waals surface area contributed by atoms with Gasteiger partial charge in [-0.25, -0.2) is 0 Å². The first-order chi connectivity index (χ1) is 9.56. The summed E-state index contributed by atoms with van der Waals surface area (Å²) in [7, 11) is 0. The Morgan fingerprint density at radius 3 is 2.50 bits per heavy atom. The highest BCUT2D eigenvalue weighted by Gasteiger charge is 2.05. The van der Waals surface area contributed by atoms with E-state index < -0.39 is 0 Å². The Hall–Kier alpha value is -2.47. The van der Waals surface area contributed by atoms with Crippen molar-refractivity contribution in [2.24, 2.45) is 5.73 Å². The number of carbonyl (C=O) groups is 1.